The van der Waals surface area contributed by atoms with Crippen molar-refractivity contribution in [2.75, 3.05) is 26.3 Å². The summed E-state index contributed by atoms with van der Waals surface area (Å²) in [5, 5.41) is 0. The Kier molecular flexibility index (Phi) is 7.91. The van der Waals surface area contributed by atoms with E-state index < -0.39 is 28.8 Å². The largest absolute Gasteiger partial charge is 0.341 e. The summed E-state index contributed by atoms with van der Waals surface area (Å²) in [4.78, 5) is 62.9. The molecule has 126 valence electrons. The number of carbonyl (C=O) groups is 4. The number of carbonyl (C=O) groups excluding carboxylic acids is 4. The number of H-pyrrole nitrogens is 1. The molecule has 0 aromatic carbocycles. The Bertz CT molecular complexity index is 534. The predicted octanol–water partition coefficient (Wildman–Crippen LogP) is -1.00. The highest BCUT2D eigenvalue weighted by atomic mass is 16.6. The van der Waals surface area contributed by atoms with Gasteiger partial charge in [0.1, 0.15) is 11.4 Å². The van der Waals surface area contributed by atoms with Gasteiger partial charge in [0, 0.05) is 0 Å². The molecule has 0 saturated heterocycles. The van der Waals surface area contributed by atoms with Gasteiger partial charge in [-0.15, -0.1) is 0 Å². The lowest BCUT2D eigenvalue weighted by Crippen LogP contribution is -2.32. The number of hydroxylamine groups is 2. The van der Waals surface area contributed by atoms with Crippen molar-refractivity contribution in [3.8, 4) is 0 Å². The zero-order valence-electron chi connectivity index (χ0n) is 12.8. The molecule has 1 rings (SSSR count). The standard InChI is InChI=1S/C13H18N4O6/c1-3-22-16-5-8(18)12(20)10-11(15-7-14-10)13(21)9(19)6-17-23-4-2/h7,16-17H,3-6H2,1-2H3,(H,14,15). The normalized spacial score (nSPS) is 10.5. The van der Waals surface area contributed by atoms with Gasteiger partial charge in [-0.1, -0.05) is 0 Å². The van der Waals surface area contributed by atoms with E-state index in [4.69, 9.17) is 9.68 Å². The van der Waals surface area contributed by atoms with E-state index in [1.807, 2.05) is 0 Å². The molecule has 1 aromatic heterocycles. The number of ketones is 4. The second-order valence-electron chi connectivity index (χ2n) is 4.14. The van der Waals surface area contributed by atoms with Gasteiger partial charge in [-0.2, -0.15) is 11.0 Å². The number of aromatic amines is 1. The maximum atomic E-state index is 12.0. The van der Waals surface area contributed by atoms with Crippen LogP contribution in [0.3, 0.4) is 0 Å². The summed E-state index contributed by atoms with van der Waals surface area (Å²) in [6.45, 7) is 3.30. The molecule has 0 unspecified atom stereocenters. The molecule has 0 saturated carbocycles. The van der Waals surface area contributed by atoms with E-state index in [0.29, 0.717) is 13.2 Å². The number of rotatable bonds is 12. The Labute approximate surface area is 131 Å². The quantitative estimate of drug-likeness (QED) is 0.191. The van der Waals surface area contributed by atoms with Crippen LogP contribution in [-0.2, 0) is 19.3 Å². The van der Waals surface area contributed by atoms with Crippen molar-refractivity contribution in [1.29, 1.82) is 0 Å². The third-order valence-electron chi connectivity index (χ3n) is 2.55. The third-order valence-corrected chi connectivity index (χ3v) is 2.55. The first-order valence-corrected chi connectivity index (χ1v) is 6.90. The second-order valence-corrected chi connectivity index (χ2v) is 4.14. The molecule has 0 spiro atoms. The Morgan fingerprint density at radius 1 is 1.00 bits per heavy atom. The van der Waals surface area contributed by atoms with Gasteiger partial charge in [0.25, 0.3) is 5.78 Å². The van der Waals surface area contributed by atoms with Crippen LogP contribution in [0.1, 0.15) is 34.8 Å². The van der Waals surface area contributed by atoms with Crippen LogP contribution in [0, 0.1) is 0 Å². The van der Waals surface area contributed by atoms with Crippen LogP contribution in [0.5, 0.6) is 0 Å². The second kappa shape index (κ2) is 9.69. The maximum Gasteiger partial charge on any atom is 0.250 e. The Morgan fingerprint density at radius 3 is 2.04 bits per heavy atom. The number of nitrogens with one attached hydrogen (secondary N) is 3. The van der Waals surface area contributed by atoms with Gasteiger partial charge >= 0.3 is 0 Å². The average Bonchev–Trinajstić information content (AvgIpc) is 3.03. The van der Waals surface area contributed by atoms with E-state index in [2.05, 4.69) is 20.9 Å². The molecule has 0 radical (unpaired) electrons. The van der Waals surface area contributed by atoms with E-state index in [-0.39, 0.29) is 18.8 Å². The summed E-state index contributed by atoms with van der Waals surface area (Å²) in [5.74, 6) is -3.65. The molecule has 1 aromatic rings. The van der Waals surface area contributed by atoms with Gasteiger partial charge < -0.3 is 14.7 Å². The van der Waals surface area contributed by atoms with E-state index >= 15 is 0 Å². The minimum atomic E-state index is -0.993. The fraction of sp³-hybridized carbons (Fsp3) is 0.462. The molecule has 0 atom stereocenters. The minimum Gasteiger partial charge on any atom is -0.341 e. The molecule has 0 aliphatic rings. The molecule has 23 heavy (non-hydrogen) atoms. The first kappa shape index (κ1) is 18.8. The van der Waals surface area contributed by atoms with Crippen molar-refractivity contribution in [3.05, 3.63) is 17.7 Å². The molecule has 3 N–H and O–H groups in total. The number of nitrogens with zero attached hydrogens (tertiary/aromatic N) is 1. The molecule has 0 bridgehead atoms. The zero-order chi connectivity index (χ0) is 17.2. The lowest BCUT2D eigenvalue weighted by molar-refractivity contribution is -0.117. The summed E-state index contributed by atoms with van der Waals surface area (Å²) in [6, 6.07) is 0. The van der Waals surface area contributed by atoms with Gasteiger partial charge in [-0.25, -0.2) is 4.98 Å². The third kappa shape index (κ3) is 5.45. The Balaban J connectivity index is 2.74. The molecular formula is C13H18N4O6. The van der Waals surface area contributed by atoms with Crippen LogP contribution in [0.2, 0.25) is 0 Å². The van der Waals surface area contributed by atoms with Gasteiger partial charge in [0.05, 0.1) is 32.6 Å². The van der Waals surface area contributed by atoms with Crippen LogP contribution >= 0.6 is 0 Å². The highest BCUT2D eigenvalue weighted by Gasteiger charge is 2.28. The van der Waals surface area contributed by atoms with Crippen molar-refractivity contribution in [3.63, 3.8) is 0 Å². The molecule has 0 fully saturated rings. The van der Waals surface area contributed by atoms with E-state index in [1.54, 1.807) is 13.8 Å². The summed E-state index contributed by atoms with van der Waals surface area (Å²) in [5.41, 5.74) is 3.87. The van der Waals surface area contributed by atoms with E-state index in [0.717, 1.165) is 6.33 Å². The molecule has 0 amide bonds. The van der Waals surface area contributed by atoms with Crippen LogP contribution < -0.4 is 11.0 Å². The van der Waals surface area contributed by atoms with Crippen LogP contribution in [0.15, 0.2) is 6.33 Å². The van der Waals surface area contributed by atoms with Crippen molar-refractivity contribution < 1.29 is 28.9 Å². The molecule has 0 aliphatic carbocycles. The lowest BCUT2D eigenvalue weighted by atomic mass is 10.1. The average molecular weight is 326 g/mol. The van der Waals surface area contributed by atoms with Crippen molar-refractivity contribution in [1.82, 2.24) is 20.9 Å². The summed E-state index contributed by atoms with van der Waals surface area (Å²) in [7, 11) is 0. The molecule has 0 aliphatic heterocycles. The minimum absolute atomic E-state index is 0.314. The molecule has 10 nitrogen and oxygen atoms in total. The Morgan fingerprint density at radius 2 is 1.52 bits per heavy atom. The lowest BCUT2D eigenvalue weighted by Gasteiger charge is -2.04. The highest BCUT2D eigenvalue weighted by Crippen LogP contribution is 2.06. The van der Waals surface area contributed by atoms with Crippen LogP contribution in [-0.4, -0.2) is 59.4 Å². The number of Topliss-reactive ketones (excluding diaryl/α,β-unsaturated/α-hetero) is 4. The number of hydrogen-bond acceptors (Lipinski definition) is 9. The van der Waals surface area contributed by atoms with Gasteiger partial charge in [-0.3, -0.25) is 19.2 Å². The number of aromatic nitrogens is 2. The van der Waals surface area contributed by atoms with Crippen molar-refractivity contribution >= 4 is 23.1 Å². The first-order chi connectivity index (χ1) is 11.0. The summed E-state index contributed by atoms with van der Waals surface area (Å²) >= 11 is 0. The maximum absolute atomic E-state index is 12.0. The van der Waals surface area contributed by atoms with Crippen LogP contribution in [0.4, 0.5) is 0 Å². The fourth-order valence-electron chi connectivity index (χ4n) is 1.51. The topological polar surface area (TPSA) is 139 Å². The number of imidazole rings is 1. The van der Waals surface area contributed by atoms with Gasteiger partial charge in [0.15, 0.2) is 0 Å². The monoisotopic (exact) mass is 326 g/mol. The SMILES string of the molecule is CCONCC(=O)C(=O)c1nc[nH]c1C(=O)C(=O)CNOCC. The van der Waals surface area contributed by atoms with Crippen molar-refractivity contribution in [2.24, 2.45) is 0 Å². The summed E-state index contributed by atoms with van der Waals surface area (Å²) < 4.78 is 0. The Hall–Kier alpha value is -2.27. The molecule has 1 heterocycles. The fourth-order valence-corrected chi connectivity index (χ4v) is 1.51. The van der Waals surface area contributed by atoms with E-state index in [1.165, 1.54) is 0 Å². The van der Waals surface area contributed by atoms with Gasteiger partial charge in [-0.05, 0) is 13.8 Å². The van der Waals surface area contributed by atoms with Crippen molar-refractivity contribution in [2.45, 2.75) is 13.8 Å². The highest BCUT2D eigenvalue weighted by molar-refractivity contribution is 6.49. The zero-order valence-corrected chi connectivity index (χ0v) is 12.8. The van der Waals surface area contributed by atoms with Gasteiger partial charge in [0.2, 0.25) is 17.3 Å². The molecular weight excluding hydrogens is 308 g/mol. The predicted molar refractivity (Wildman–Crippen MR) is 76.5 cm³/mol. The first-order valence-electron chi connectivity index (χ1n) is 6.90. The summed E-state index contributed by atoms with van der Waals surface area (Å²) in [6.07, 6.45) is 1.06. The van der Waals surface area contributed by atoms with Crippen LogP contribution in [0.25, 0.3) is 0 Å². The number of hydrogen-bond donors (Lipinski definition) is 3. The smallest absolute Gasteiger partial charge is 0.250 e. The molecule has 10 heteroatoms. The van der Waals surface area contributed by atoms with E-state index in [9.17, 15) is 19.2 Å².